The van der Waals surface area contributed by atoms with Crippen LogP contribution in [0.25, 0.3) is 0 Å². The van der Waals surface area contributed by atoms with Gasteiger partial charge in [-0.1, -0.05) is 0 Å². The van der Waals surface area contributed by atoms with Crippen LogP contribution in [0, 0.1) is 0 Å². The molecule has 0 saturated carbocycles. The lowest BCUT2D eigenvalue weighted by atomic mass is 10.2. The molecule has 1 aromatic carbocycles. The second kappa shape index (κ2) is 7.13. The van der Waals surface area contributed by atoms with E-state index in [1.165, 1.54) is 0 Å². The molecule has 0 fully saturated rings. The number of imide groups is 1. The number of urea groups is 1. The van der Waals surface area contributed by atoms with Gasteiger partial charge in [-0.25, -0.2) is 4.79 Å². The summed E-state index contributed by atoms with van der Waals surface area (Å²) in [5, 5.41) is 13.0. The molecule has 0 heterocycles. The maximum absolute atomic E-state index is 11.5. The smallest absolute Gasteiger partial charge is 0.325 e. The quantitative estimate of drug-likeness (QED) is 0.753. The summed E-state index contributed by atoms with van der Waals surface area (Å²) in [5.74, 6) is -1.71. The average molecular weight is 279 g/mol. The van der Waals surface area contributed by atoms with Crippen molar-refractivity contribution in [2.75, 3.05) is 24.3 Å². The lowest BCUT2D eigenvalue weighted by Crippen LogP contribution is -2.34. The van der Waals surface area contributed by atoms with Crippen molar-refractivity contribution in [3.63, 3.8) is 0 Å². The molecule has 0 atom stereocenters. The maximum atomic E-state index is 11.5. The molecule has 0 spiro atoms. The molecule has 0 aliphatic carbocycles. The number of carboxylic acids is 1. The molecule has 1 aromatic rings. The predicted molar refractivity (Wildman–Crippen MR) is 74.8 cm³/mol. The lowest BCUT2D eigenvalue weighted by Gasteiger charge is -2.13. The number of nitrogens with zero attached hydrogens (tertiary/aromatic N) is 1. The van der Waals surface area contributed by atoms with Gasteiger partial charge in [-0.05, 0) is 24.3 Å². The first-order valence-electron chi connectivity index (χ1n) is 5.98. The molecule has 0 saturated heterocycles. The second-order valence-corrected chi connectivity index (χ2v) is 4.34. The van der Waals surface area contributed by atoms with Gasteiger partial charge >= 0.3 is 12.0 Å². The van der Waals surface area contributed by atoms with Gasteiger partial charge in [-0.15, -0.1) is 0 Å². The first kappa shape index (κ1) is 15.5. The molecule has 0 aliphatic heterocycles. The number of rotatable bonds is 5. The first-order valence-corrected chi connectivity index (χ1v) is 5.98. The summed E-state index contributed by atoms with van der Waals surface area (Å²) in [6.45, 7) is 0. The number of anilines is 2. The van der Waals surface area contributed by atoms with Crippen LogP contribution < -0.4 is 15.5 Å². The summed E-state index contributed by atoms with van der Waals surface area (Å²) in [6, 6.07) is 6.37. The molecule has 1 rings (SSSR count). The van der Waals surface area contributed by atoms with E-state index in [0.29, 0.717) is 5.69 Å². The first-order chi connectivity index (χ1) is 9.38. The number of amides is 3. The normalized spacial score (nSPS) is 9.70. The van der Waals surface area contributed by atoms with Crippen LogP contribution in [-0.4, -0.2) is 37.1 Å². The molecule has 0 aliphatic rings. The van der Waals surface area contributed by atoms with E-state index in [2.05, 4.69) is 10.6 Å². The number of carbonyl (C=O) groups is 3. The molecule has 7 heteroatoms. The Balaban J connectivity index is 2.45. The highest BCUT2D eigenvalue weighted by Gasteiger charge is 2.09. The van der Waals surface area contributed by atoms with Gasteiger partial charge in [0.2, 0.25) is 5.91 Å². The molecule has 3 amide bonds. The van der Waals surface area contributed by atoms with Gasteiger partial charge in [0.15, 0.2) is 0 Å². The zero-order chi connectivity index (χ0) is 15.1. The standard InChI is InChI=1S/C13H17N3O4/c1-16(2)10-5-3-9(4-6-10)14-13(20)15-11(17)7-8-12(18)19/h3-6H,7-8H2,1-2H3,(H,18,19)(H2,14,15,17,20). The Labute approximate surface area is 116 Å². The average Bonchev–Trinajstić information content (AvgIpc) is 2.36. The van der Waals surface area contributed by atoms with Crippen molar-refractivity contribution in [2.24, 2.45) is 0 Å². The van der Waals surface area contributed by atoms with Crippen molar-refractivity contribution in [3.05, 3.63) is 24.3 Å². The van der Waals surface area contributed by atoms with E-state index in [4.69, 9.17) is 5.11 Å². The molecule has 0 radical (unpaired) electrons. The molecular weight excluding hydrogens is 262 g/mol. The van der Waals surface area contributed by atoms with Crippen LogP contribution in [0.15, 0.2) is 24.3 Å². The van der Waals surface area contributed by atoms with Crippen molar-refractivity contribution >= 4 is 29.3 Å². The van der Waals surface area contributed by atoms with Crippen LogP contribution in [0.3, 0.4) is 0 Å². The Bertz CT molecular complexity index is 497. The Kier molecular flexibility index (Phi) is 5.52. The molecule has 108 valence electrons. The minimum Gasteiger partial charge on any atom is -0.481 e. The number of carboxylic acid groups (broad SMARTS) is 1. The number of aliphatic carboxylic acids is 1. The van der Waals surface area contributed by atoms with Gasteiger partial charge < -0.3 is 15.3 Å². The lowest BCUT2D eigenvalue weighted by molar-refractivity contribution is -0.138. The summed E-state index contributed by atoms with van der Waals surface area (Å²) in [5.41, 5.74) is 1.52. The number of nitrogens with one attached hydrogen (secondary N) is 2. The van der Waals surface area contributed by atoms with Gasteiger partial charge in [0.25, 0.3) is 0 Å². The minimum atomic E-state index is -1.08. The third-order valence-corrected chi connectivity index (χ3v) is 2.46. The minimum absolute atomic E-state index is 0.234. The van der Waals surface area contributed by atoms with E-state index in [9.17, 15) is 14.4 Å². The zero-order valence-corrected chi connectivity index (χ0v) is 11.3. The Morgan fingerprint density at radius 3 is 2.20 bits per heavy atom. The fraction of sp³-hybridized carbons (Fsp3) is 0.308. The number of carbonyl (C=O) groups excluding carboxylic acids is 2. The van der Waals surface area contributed by atoms with Crippen LogP contribution in [-0.2, 0) is 9.59 Å². The van der Waals surface area contributed by atoms with Crippen molar-refractivity contribution in [1.29, 1.82) is 0 Å². The fourth-order valence-electron chi connectivity index (χ4n) is 1.41. The summed E-state index contributed by atoms with van der Waals surface area (Å²) >= 11 is 0. The van der Waals surface area contributed by atoms with Gasteiger partial charge in [0, 0.05) is 31.9 Å². The van der Waals surface area contributed by atoms with Crippen LogP contribution in [0.2, 0.25) is 0 Å². The van der Waals surface area contributed by atoms with Crippen LogP contribution >= 0.6 is 0 Å². The molecule has 0 aromatic heterocycles. The van der Waals surface area contributed by atoms with E-state index in [1.54, 1.807) is 12.1 Å². The van der Waals surface area contributed by atoms with Crippen LogP contribution in [0.4, 0.5) is 16.2 Å². The topological polar surface area (TPSA) is 98.7 Å². The van der Waals surface area contributed by atoms with Crippen LogP contribution in [0.1, 0.15) is 12.8 Å². The monoisotopic (exact) mass is 279 g/mol. The van der Waals surface area contributed by atoms with E-state index in [0.717, 1.165) is 5.69 Å². The maximum Gasteiger partial charge on any atom is 0.325 e. The summed E-state index contributed by atoms with van der Waals surface area (Å²) in [4.78, 5) is 34.9. The van der Waals surface area contributed by atoms with Gasteiger partial charge in [0.1, 0.15) is 0 Å². The largest absolute Gasteiger partial charge is 0.481 e. The highest BCUT2D eigenvalue weighted by Crippen LogP contribution is 2.15. The molecular formula is C13H17N3O4. The van der Waals surface area contributed by atoms with Crippen molar-refractivity contribution < 1.29 is 19.5 Å². The third-order valence-electron chi connectivity index (χ3n) is 2.46. The van der Waals surface area contributed by atoms with E-state index < -0.39 is 17.9 Å². The van der Waals surface area contributed by atoms with Gasteiger partial charge in [-0.2, -0.15) is 0 Å². The SMILES string of the molecule is CN(C)c1ccc(NC(=O)NC(=O)CCC(=O)O)cc1. The van der Waals surface area contributed by atoms with Crippen molar-refractivity contribution in [3.8, 4) is 0 Å². The fourth-order valence-corrected chi connectivity index (χ4v) is 1.41. The van der Waals surface area contributed by atoms with Gasteiger partial charge in [0.05, 0.1) is 6.42 Å². The Hall–Kier alpha value is -2.57. The number of benzene rings is 1. The van der Waals surface area contributed by atoms with E-state index in [-0.39, 0.29) is 12.8 Å². The van der Waals surface area contributed by atoms with Gasteiger partial charge in [-0.3, -0.25) is 14.9 Å². The molecule has 7 nitrogen and oxygen atoms in total. The predicted octanol–water partition coefficient (Wildman–Crippen LogP) is 1.27. The van der Waals surface area contributed by atoms with Crippen molar-refractivity contribution in [2.45, 2.75) is 12.8 Å². The van der Waals surface area contributed by atoms with E-state index >= 15 is 0 Å². The molecule has 20 heavy (non-hydrogen) atoms. The Morgan fingerprint density at radius 2 is 1.70 bits per heavy atom. The highest BCUT2D eigenvalue weighted by atomic mass is 16.4. The highest BCUT2D eigenvalue weighted by molar-refractivity contribution is 6.01. The third kappa shape index (κ3) is 5.38. The summed E-state index contributed by atoms with van der Waals surface area (Å²) < 4.78 is 0. The number of hydrogen-bond donors (Lipinski definition) is 3. The molecule has 0 bridgehead atoms. The van der Waals surface area contributed by atoms with Crippen LogP contribution in [0.5, 0.6) is 0 Å². The van der Waals surface area contributed by atoms with Crippen molar-refractivity contribution in [1.82, 2.24) is 5.32 Å². The zero-order valence-electron chi connectivity index (χ0n) is 11.3. The molecule has 3 N–H and O–H groups in total. The number of hydrogen-bond acceptors (Lipinski definition) is 4. The van der Waals surface area contributed by atoms with E-state index in [1.807, 2.05) is 31.1 Å². The molecule has 0 unspecified atom stereocenters. The second-order valence-electron chi connectivity index (χ2n) is 4.34. The summed E-state index contributed by atoms with van der Waals surface area (Å²) in [7, 11) is 3.80. The Morgan fingerprint density at radius 1 is 1.10 bits per heavy atom. The summed E-state index contributed by atoms with van der Waals surface area (Å²) in [6.07, 6.45) is -0.543.